The van der Waals surface area contributed by atoms with Gasteiger partial charge in [0.1, 0.15) is 18.3 Å². The fourth-order valence-corrected chi connectivity index (χ4v) is 6.60. The highest BCUT2D eigenvalue weighted by Gasteiger charge is 2.36. The van der Waals surface area contributed by atoms with Crippen LogP contribution in [0.2, 0.25) is 5.02 Å². The number of anilines is 1. The molecule has 0 saturated heterocycles. The van der Waals surface area contributed by atoms with E-state index in [-0.39, 0.29) is 29.5 Å². The number of amides is 2. The summed E-state index contributed by atoms with van der Waals surface area (Å²) in [5.41, 5.74) is 2.27. The van der Waals surface area contributed by atoms with Crippen molar-refractivity contribution < 1.29 is 22.7 Å². The number of sulfonamides is 1. The average molecular weight is 662 g/mol. The van der Waals surface area contributed by atoms with Crippen molar-refractivity contribution in [2.24, 2.45) is 0 Å². The van der Waals surface area contributed by atoms with Crippen molar-refractivity contribution >= 4 is 39.1 Å². The zero-order valence-electron chi connectivity index (χ0n) is 26.7. The molecule has 4 aromatic rings. The molecule has 10 heteroatoms. The maximum absolute atomic E-state index is 14.6. The minimum absolute atomic E-state index is 0.0298. The summed E-state index contributed by atoms with van der Waals surface area (Å²) in [5.74, 6) is -0.404. The molecular formula is C36H40ClN3O5S. The molecule has 0 aliphatic heterocycles. The van der Waals surface area contributed by atoms with Crippen LogP contribution in [0.25, 0.3) is 0 Å². The Morgan fingerprint density at radius 3 is 2.15 bits per heavy atom. The fraction of sp³-hybridized carbons (Fsp3) is 0.278. The number of nitrogens with one attached hydrogen (secondary N) is 1. The van der Waals surface area contributed by atoms with E-state index in [0.29, 0.717) is 10.8 Å². The van der Waals surface area contributed by atoms with Gasteiger partial charge in [-0.2, -0.15) is 0 Å². The summed E-state index contributed by atoms with van der Waals surface area (Å²) in [6.45, 7) is 7.08. The highest BCUT2D eigenvalue weighted by Crippen LogP contribution is 2.28. The number of rotatable bonds is 12. The van der Waals surface area contributed by atoms with Crippen molar-refractivity contribution in [1.29, 1.82) is 0 Å². The highest BCUT2D eigenvalue weighted by atomic mass is 35.5. The van der Waals surface area contributed by atoms with Gasteiger partial charge in [0.25, 0.3) is 10.0 Å². The van der Waals surface area contributed by atoms with Crippen LogP contribution >= 0.6 is 11.6 Å². The van der Waals surface area contributed by atoms with Gasteiger partial charge in [-0.3, -0.25) is 13.9 Å². The van der Waals surface area contributed by atoms with Crippen molar-refractivity contribution in [3.05, 3.63) is 125 Å². The van der Waals surface area contributed by atoms with Gasteiger partial charge in [0.05, 0.1) is 17.7 Å². The number of carbonyl (C=O) groups excluding carboxylic acids is 2. The second-order valence-electron chi connectivity index (χ2n) is 12.1. The van der Waals surface area contributed by atoms with Gasteiger partial charge >= 0.3 is 0 Å². The highest BCUT2D eigenvalue weighted by molar-refractivity contribution is 7.92. The standard InChI is InChI=1S/C36H40ClN3O5S/c1-26-12-9-10-15-28(26)24-39(33(35(42)38-36(2,3)4)22-27-13-7-6-8-14-27)34(41)25-40(30-17-11-16-29(37)23-30)46(43,44)32-20-18-31(45-5)19-21-32/h6-21,23,33H,22,24-25H2,1-5H3,(H,38,42)/t33-/m1/s1. The lowest BCUT2D eigenvalue weighted by atomic mass is 10.00. The van der Waals surface area contributed by atoms with Crippen LogP contribution in [0.4, 0.5) is 5.69 Å². The number of ether oxygens (including phenoxy) is 1. The smallest absolute Gasteiger partial charge is 0.264 e. The number of hydrogen-bond donors (Lipinski definition) is 1. The first-order valence-corrected chi connectivity index (χ1v) is 16.7. The van der Waals surface area contributed by atoms with Gasteiger partial charge in [-0.1, -0.05) is 72.3 Å². The molecule has 1 atom stereocenters. The minimum atomic E-state index is -4.27. The maximum atomic E-state index is 14.6. The summed E-state index contributed by atoms with van der Waals surface area (Å²) in [6.07, 6.45) is 0.225. The van der Waals surface area contributed by atoms with Crippen molar-refractivity contribution in [3.63, 3.8) is 0 Å². The molecule has 242 valence electrons. The Kier molecular flexibility index (Phi) is 11.1. The second kappa shape index (κ2) is 14.8. The molecule has 0 aliphatic carbocycles. The van der Waals surface area contributed by atoms with E-state index in [4.69, 9.17) is 16.3 Å². The lowest BCUT2D eigenvalue weighted by molar-refractivity contribution is -0.140. The second-order valence-corrected chi connectivity index (χ2v) is 14.4. The summed E-state index contributed by atoms with van der Waals surface area (Å²) in [4.78, 5) is 30.0. The Bertz CT molecular complexity index is 1760. The zero-order valence-corrected chi connectivity index (χ0v) is 28.3. The quantitative estimate of drug-likeness (QED) is 0.189. The number of hydrogen-bond acceptors (Lipinski definition) is 5. The Hall–Kier alpha value is -4.34. The van der Waals surface area contributed by atoms with E-state index in [2.05, 4.69) is 5.32 Å². The third kappa shape index (κ3) is 8.89. The van der Waals surface area contributed by atoms with Crippen LogP contribution in [0.5, 0.6) is 5.75 Å². The summed E-state index contributed by atoms with van der Waals surface area (Å²) in [6, 6.07) is 28.4. The molecule has 0 spiro atoms. The summed E-state index contributed by atoms with van der Waals surface area (Å²) in [5, 5.41) is 3.35. The van der Waals surface area contributed by atoms with E-state index < -0.39 is 34.1 Å². The van der Waals surface area contributed by atoms with E-state index in [9.17, 15) is 18.0 Å². The van der Waals surface area contributed by atoms with E-state index in [1.54, 1.807) is 30.3 Å². The molecule has 0 bridgehead atoms. The first-order valence-electron chi connectivity index (χ1n) is 14.9. The lowest BCUT2D eigenvalue weighted by Gasteiger charge is -2.35. The molecule has 46 heavy (non-hydrogen) atoms. The molecule has 1 N–H and O–H groups in total. The van der Waals surface area contributed by atoms with E-state index in [0.717, 1.165) is 21.0 Å². The predicted octanol–water partition coefficient (Wildman–Crippen LogP) is 6.41. The number of benzene rings is 4. The molecule has 0 saturated carbocycles. The van der Waals surface area contributed by atoms with Crippen LogP contribution in [-0.4, -0.2) is 50.4 Å². The SMILES string of the molecule is COc1ccc(S(=O)(=O)N(CC(=O)N(Cc2ccccc2C)[C@H](Cc2ccccc2)C(=O)NC(C)(C)C)c2cccc(Cl)c2)cc1. The number of aryl methyl sites for hydroxylation is 1. The minimum Gasteiger partial charge on any atom is -0.497 e. The van der Waals surface area contributed by atoms with Gasteiger partial charge in [0, 0.05) is 23.5 Å². The molecule has 0 radical (unpaired) electrons. The number of halogens is 1. The molecule has 0 aromatic heterocycles. The molecule has 8 nitrogen and oxygen atoms in total. The van der Waals surface area contributed by atoms with Crippen LogP contribution in [0.1, 0.15) is 37.5 Å². The van der Waals surface area contributed by atoms with Crippen molar-refractivity contribution in [2.75, 3.05) is 18.0 Å². The monoisotopic (exact) mass is 661 g/mol. The number of methoxy groups -OCH3 is 1. The van der Waals surface area contributed by atoms with Crippen LogP contribution in [0, 0.1) is 6.92 Å². The number of nitrogens with zero attached hydrogens (tertiary/aromatic N) is 2. The fourth-order valence-electron chi connectivity index (χ4n) is 5.01. The summed E-state index contributed by atoms with van der Waals surface area (Å²) >= 11 is 6.31. The first kappa shape index (κ1) is 34.5. The predicted molar refractivity (Wildman–Crippen MR) is 183 cm³/mol. The molecule has 4 rings (SSSR count). The van der Waals surface area contributed by atoms with Gasteiger partial charge in [-0.05, 0) is 86.8 Å². The first-order chi connectivity index (χ1) is 21.8. The normalized spacial score (nSPS) is 12.2. The van der Waals surface area contributed by atoms with Gasteiger partial charge in [0.15, 0.2) is 0 Å². The summed E-state index contributed by atoms with van der Waals surface area (Å²) in [7, 11) is -2.78. The third-order valence-electron chi connectivity index (χ3n) is 7.39. The Balaban J connectivity index is 1.83. The Labute approximate surface area is 277 Å². The van der Waals surface area contributed by atoms with Crippen molar-refractivity contribution in [2.45, 2.75) is 57.1 Å². The van der Waals surface area contributed by atoms with Crippen LogP contribution in [-0.2, 0) is 32.6 Å². The van der Waals surface area contributed by atoms with Gasteiger partial charge in [-0.15, -0.1) is 0 Å². The average Bonchev–Trinajstić information content (AvgIpc) is 3.01. The molecule has 0 unspecified atom stereocenters. The molecule has 4 aromatic carbocycles. The molecular weight excluding hydrogens is 622 g/mol. The van der Waals surface area contributed by atoms with Gasteiger partial charge in [-0.25, -0.2) is 8.42 Å². The van der Waals surface area contributed by atoms with Crippen LogP contribution < -0.4 is 14.4 Å². The summed E-state index contributed by atoms with van der Waals surface area (Å²) < 4.78 is 34.6. The lowest BCUT2D eigenvalue weighted by Crippen LogP contribution is -2.56. The van der Waals surface area contributed by atoms with E-state index in [1.165, 1.54) is 30.2 Å². The largest absolute Gasteiger partial charge is 0.497 e. The third-order valence-corrected chi connectivity index (χ3v) is 9.42. The van der Waals surface area contributed by atoms with Gasteiger partial charge in [0.2, 0.25) is 11.8 Å². The van der Waals surface area contributed by atoms with Crippen molar-refractivity contribution in [3.8, 4) is 5.75 Å². The van der Waals surface area contributed by atoms with E-state index in [1.807, 2.05) is 82.3 Å². The molecule has 0 aliphatic rings. The zero-order chi connectivity index (χ0) is 33.5. The van der Waals surface area contributed by atoms with E-state index >= 15 is 0 Å². The molecule has 0 heterocycles. The van der Waals surface area contributed by atoms with Gasteiger partial charge < -0.3 is 15.0 Å². The molecule has 2 amide bonds. The van der Waals surface area contributed by atoms with Crippen LogP contribution in [0.15, 0.2) is 108 Å². The topological polar surface area (TPSA) is 96.0 Å². The maximum Gasteiger partial charge on any atom is 0.264 e. The van der Waals surface area contributed by atoms with Crippen LogP contribution in [0.3, 0.4) is 0 Å². The number of carbonyl (C=O) groups is 2. The Morgan fingerprint density at radius 2 is 1.54 bits per heavy atom. The Morgan fingerprint density at radius 1 is 0.891 bits per heavy atom. The molecule has 0 fully saturated rings. The van der Waals surface area contributed by atoms with Crippen molar-refractivity contribution in [1.82, 2.24) is 10.2 Å².